The fourth-order valence-corrected chi connectivity index (χ4v) is 1.23. The summed E-state index contributed by atoms with van der Waals surface area (Å²) < 4.78 is 20.1. The maximum Gasteiger partial charge on any atom is 0.329 e. The zero-order chi connectivity index (χ0) is 17.2. The van der Waals surface area contributed by atoms with Gasteiger partial charge in [0.1, 0.15) is 13.2 Å². The Kier molecular flexibility index (Phi) is 15.1. The van der Waals surface area contributed by atoms with Gasteiger partial charge in [0.2, 0.25) is 5.91 Å². The summed E-state index contributed by atoms with van der Waals surface area (Å²) in [6.07, 6.45) is 0. The zero-order valence-electron chi connectivity index (χ0n) is 12.8. The summed E-state index contributed by atoms with van der Waals surface area (Å²) in [7, 11) is 0. The lowest BCUT2D eigenvalue weighted by Crippen LogP contribution is -2.31. The number of hydrogen-bond donors (Lipinski definition) is 2. The molecule has 0 fully saturated rings. The van der Waals surface area contributed by atoms with Crippen LogP contribution in [0.2, 0.25) is 0 Å². The third-order valence-electron chi connectivity index (χ3n) is 2.17. The normalized spacial score (nSPS) is 10.1. The Balaban J connectivity index is 3.21. The molecule has 0 aromatic rings. The standard InChI is InChI=1S/C12H22N4O7/c13-16-15-2-4-21-5-7-22-9-11(17)14-1-3-20-6-8-23-10-12(18)19/h1-10H2,(H,14,17)(H,18,19). The first-order valence-electron chi connectivity index (χ1n) is 6.97. The molecule has 0 aromatic carbocycles. The van der Waals surface area contributed by atoms with E-state index >= 15 is 0 Å². The van der Waals surface area contributed by atoms with Crippen LogP contribution in [-0.4, -0.2) is 82.9 Å². The van der Waals surface area contributed by atoms with Gasteiger partial charge in [-0.05, 0) is 5.53 Å². The molecule has 1 amide bonds. The van der Waals surface area contributed by atoms with E-state index in [1.807, 2.05) is 0 Å². The predicted octanol–water partition coefficient (Wildman–Crippen LogP) is -0.436. The average Bonchev–Trinajstić information content (AvgIpc) is 2.52. The van der Waals surface area contributed by atoms with Crippen LogP contribution in [0.5, 0.6) is 0 Å². The molecule has 0 aliphatic rings. The molecule has 0 aliphatic heterocycles. The van der Waals surface area contributed by atoms with Gasteiger partial charge in [0, 0.05) is 18.0 Å². The number of nitrogens with zero attached hydrogens (tertiary/aromatic N) is 3. The maximum absolute atomic E-state index is 11.3. The van der Waals surface area contributed by atoms with Crippen LogP contribution >= 0.6 is 0 Å². The Hall–Kier alpha value is -1.91. The minimum absolute atomic E-state index is 0.0819. The van der Waals surface area contributed by atoms with E-state index in [4.69, 9.17) is 29.6 Å². The highest BCUT2D eigenvalue weighted by atomic mass is 16.5. The Morgan fingerprint density at radius 2 is 1.57 bits per heavy atom. The van der Waals surface area contributed by atoms with Crippen LogP contribution in [-0.2, 0) is 28.5 Å². The molecule has 132 valence electrons. The Bertz CT molecular complexity index is 374. The monoisotopic (exact) mass is 334 g/mol. The quantitative estimate of drug-likeness (QED) is 0.168. The summed E-state index contributed by atoms with van der Waals surface area (Å²) >= 11 is 0. The number of hydrogen-bond acceptors (Lipinski definition) is 7. The smallest absolute Gasteiger partial charge is 0.329 e. The summed E-state index contributed by atoms with van der Waals surface area (Å²) in [6.45, 7) is 1.78. The largest absolute Gasteiger partial charge is 0.480 e. The van der Waals surface area contributed by atoms with Gasteiger partial charge in [0.05, 0.1) is 39.6 Å². The van der Waals surface area contributed by atoms with Gasteiger partial charge in [-0.3, -0.25) is 4.79 Å². The van der Waals surface area contributed by atoms with Crippen molar-refractivity contribution in [3.63, 3.8) is 0 Å². The molecular formula is C12H22N4O7. The van der Waals surface area contributed by atoms with Crippen molar-refractivity contribution in [3.8, 4) is 0 Å². The van der Waals surface area contributed by atoms with E-state index in [-0.39, 0.29) is 45.5 Å². The first-order valence-corrected chi connectivity index (χ1v) is 6.97. The molecule has 0 atom stereocenters. The van der Waals surface area contributed by atoms with Gasteiger partial charge in [-0.1, -0.05) is 5.11 Å². The van der Waals surface area contributed by atoms with Crippen LogP contribution in [0.3, 0.4) is 0 Å². The molecule has 0 spiro atoms. The Labute approximate surface area is 133 Å². The lowest BCUT2D eigenvalue weighted by atomic mass is 10.6. The van der Waals surface area contributed by atoms with Crippen molar-refractivity contribution in [3.05, 3.63) is 10.4 Å². The number of azide groups is 1. The van der Waals surface area contributed by atoms with Gasteiger partial charge in [0.25, 0.3) is 0 Å². The van der Waals surface area contributed by atoms with Crippen LogP contribution in [0.15, 0.2) is 5.11 Å². The first-order chi connectivity index (χ1) is 11.2. The second kappa shape index (κ2) is 16.5. The highest BCUT2D eigenvalue weighted by molar-refractivity contribution is 5.77. The summed E-state index contributed by atoms with van der Waals surface area (Å²) in [6, 6.07) is 0. The third-order valence-corrected chi connectivity index (χ3v) is 2.17. The molecule has 11 nitrogen and oxygen atoms in total. The van der Waals surface area contributed by atoms with Crippen LogP contribution < -0.4 is 5.32 Å². The highest BCUT2D eigenvalue weighted by Crippen LogP contribution is 1.82. The number of amides is 1. The van der Waals surface area contributed by atoms with E-state index < -0.39 is 5.97 Å². The number of rotatable bonds is 16. The van der Waals surface area contributed by atoms with Crippen molar-refractivity contribution in [2.45, 2.75) is 0 Å². The number of aliphatic carboxylic acids is 1. The van der Waals surface area contributed by atoms with Crippen molar-refractivity contribution in [2.24, 2.45) is 5.11 Å². The highest BCUT2D eigenvalue weighted by Gasteiger charge is 2.01. The third kappa shape index (κ3) is 18.0. The van der Waals surface area contributed by atoms with E-state index in [2.05, 4.69) is 15.3 Å². The molecule has 0 aliphatic carbocycles. The number of carbonyl (C=O) groups excluding carboxylic acids is 1. The van der Waals surface area contributed by atoms with Gasteiger partial charge in [-0.15, -0.1) is 0 Å². The van der Waals surface area contributed by atoms with Crippen molar-refractivity contribution < 1.29 is 33.6 Å². The molecule has 0 bridgehead atoms. The fraction of sp³-hybridized carbons (Fsp3) is 0.833. The first kappa shape index (κ1) is 21.1. The number of carbonyl (C=O) groups is 2. The molecule has 0 aromatic heterocycles. The second-order valence-corrected chi connectivity index (χ2v) is 4.03. The molecule has 0 saturated carbocycles. The second-order valence-electron chi connectivity index (χ2n) is 4.03. The van der Waals surface area contributed by atoms with Gasteiger partial charge in [-0.2, -0.15) is 0 Å². The topological polar surface area (TPSA) is 152 Å². The number of carboxylic acids is 1. The molecule has 23 heavy (non-hydrogen) atoms. The minimum atomic E-state index is -1.03. The fourth-order valence-electron chi connectivity index (χ4n) is 1.23. The molecule has 2 N–H and O–H groups in total. The van der Waals surface area contributed by atoms with Crippen molar-refractivity contribution in [1.29, 1.82) is 0 Å². The molecule has 11 heteroatoms. The molecule has 0 saturated heterocycles. The Morgan fingerprint density at radius 3 is 2.22 bits per heavy atom. The molecule has 0 heterocycles. The van der Waals surface area contributed by atoms with Crippen LogP contribution in [0.1, 0.15) is 0 Å². The summed E-state index contributed by atoms with van der Waals surface area (Å²) in [5, 5.41) is 14.2. The van der Waals surface area contributed by atoms with E-state index in [0.717, 1.165) is 0 Å². The van der Waals surface area contributed by atoms with Gasteiger partial charge >= 0.3 is 5.97 Å². The zero-order valence-corrected chi connectivity index (χ0v) is 12.8. The van der Waals surface area contributed by atoms with E-state index in [1.165, 1.54) is 0 Å². The van der Waals surface area contributed by atoms with Crippen molar-refractivity contribution >= 4 is 11.9 Å². The van der Waals surface area contributed by atoms with Gasteiger partial charge in [-0.25, -0.2) is 4.79 Å². The molecular weight excluding hydrogens is 312 g/mol. The molecule has 0 radical (unpaired) electrons. The van der Waals surface area contributed by atoms with Gasteiger partial charge in [0.15, 0.2) is 0 Å². The number of carboxylic acid groups (broad SMARTS) is 1. The molecule has 0 unspecified atom stereocenters. The lowest BCUT2D eigenvalue weighted by Gasteiger charge is -2.07. The Morgan fingerprint density at radius 1 is 0.957 bits per heavy atom. The SMILES string of the molecule is [N-]=[N+]=NCCOCCOCC(=O)NCCOCCOCC(=O)O. The number of ether oxygens (including phenoxy) is 4. The van der Waals surface area contributed by atoms with E-state index in [9.17, 15) is 9.59 Å². The van der Waals surface area contributed by atoms with Crippen molar-refractivity contribution in [1.82, 2.24) is 5.32 Å². The van der Waals surface area contributed by atoms with E-state index in [1.54, 1.807) is 0 Å². The number of nitrogens with one attached hydrogen (secondary N) is 1. The van der Waals surface area contributed by atoms with Crippen LogP contribution in [0, 0.1) is 0 Å². The summed E-state index contributed by atoms with van der Waals surface area (Å²) in [5.74, 6) is -1.30. The minimum Gasteiger partial charge on any atom is -0.480 e. The van der Waals surface area contributed by atoms with Crippen LogP contribution in [0.4, 0.5) is 0 Å². The summed E-state index contributed by atoms with van der Waals surface area (Å²) in [5.41, 5.74) is 8.03. The average molecular weight is 334 g/mol. The van der Waals surface area contributed by atoms with Gasteiger partial charge < -0.3 is 29.4 Å². The molecule has 0 rings (SSSR count). The van der Waals surface area contributed by atoms with Crippen LogP contribution in [0.25, 0.3) is 10.4 Å². The predicted molar refractivity (Wildman–Crippen MR) is 77.9 cm³/mol. The van der Waals surface area contributed by atoms with Crippen molar-refractivity contribution in [2.75, 3.05) is 65.9 Å². The summed E-state index contributed by atoms with van der Waals surface area (Å²) in [4.78, 5) is 24.1. The lowest BCUT2D eigenvalue weighted by molar-refractivity contribution is -0.142. The maximum atomic E-state index is 11.3. The van der Waals surface area contributed by atoms with E-state index in [0.29, 0.717) is 26.4 Å².